The summed E-state index contributed by atoms with van der Waals surface area (Å²) < 4.78 is 7.23. The minimum atomic E-state index is -0.141. The third-order valence-electron chi connectivity index (χ3n) is 4.81. The van der Waals surface area contributed by atoms with Gasteiger partial charge in [0, 0.05) is 6.54 Å². The van der Waals surface area contributed by atoms with E-state index in [4.69, 9.17) is 4.74 Å². The SMILES string of the molecule is O=C(Cn1cnc2sccc2c1=O)N1CCO[C@H]2CCCC[C@H]21. The molecule has 4 rings (SSSR count). The van der Waals surface area contributed by atoms with Gasteiger partial charge in [0.1, 0.15) is 11.4 Å². The number of ether oxygens (including phenoxy) is 1. The summed E-state index contributed by atoms with van der Waals surface area (Å²) in [4.78, 5) is 32.1. The first-order chi connectivity index (χ1) is 11.2. The second kappa shape index (κ2) is 6.05. The van der Waals surface area contributed by atoms with Crippen molar-refractivity contribution in [2.45, 2.75) is 44.4 Å². The summed E-state index contributed by atoms with van der Waals surface area (Å²) in [5.74, 6) is -0.0105. The zero-order chi connectivity index (χ0) is 15.8. The van der Waals surface area contributed by atoms with Gasteiger partial charge in [-0.05, 0) is 24.3 Å². The summed E-state index contributed by atoms with van der Waals surface area (Å²) in [7, 11) is 0. The molecule has 3 heterocycles. The highest BCUT2D eigenvalue weighted by Gasteiger charge is 2.36. The van der Waals surface area contributed by atoms with Crippen molar-refractivity contribution in [3.05, 3.63) is 28.1 Å². The maximum absolute atomic E-state index is 12.7. The van der Waals surface area contributed by atoms with Crippen molar-refractivity contribution in [2.75, 3.05) is 13.2 Å². The average molecular weight is 333 g/mol. The van der Waals surface area contributed by atoms with E-state index in [9.17, 15) is 9.59 Å². The molecular weight excluding hydrogens is 314 g/mol. The van der Waals surface area contributed by atoms with Crippen LogP contribution in [-0.4, -0.2) is 45.7 Å². The molecule has 0 N–H and O–H groups in total. The normalized spacial score (nSPS) is 24.6. The Morgan fingerprint density at radius 2 is 2.26 bits per heavy atom. The molecule has 1 aliphatic carbocycles. The van der Waals surface area contributed by atoms with E-state index in [1.165, 1.54) is 28.7 Å². The van der Waals surface area contributed by atoms with E-state index in [1.54, 1.807) is 6.07 Å². The van der Waals surface area contributed by atoms with Gasteiger partial charge < -0.3 is 9.64 Å². The maximum Gasteiger partial charge on any atom is 0.262 e. The van der Waals surface area contributed by atoms with E-state index >= 15 is 0 Å². The van der Waals surface area contributed by atoms with Gasteiger partial charge in [-0.25, -0.2) is 4.98 Å². The number of hydrogen-bond acceptors (Lipinski definition) is 5. The van der Waals surface area contributed by atoms with Crippen LogP contribution in [0.5, 0.6) is 0 Å². The Labute approximate surface area is 137 Å². The number of morpholine rings is 1. The fourth-order valence-electron chi connectivity index (χ4n) is 3.65. The molecule has 2 atom stereocenters. The molecule has 122 valence electrons. The molecule has 1 amide bonds. The fraction of sp³-hybridized carbons (Fsp3) is 0.562. The molecule has 2 aromatic heterocycles. The lowest BCUT2D eigenvalue weighted by Crippen LogP contribution is -2.55. The van der Waals surface area contributed by atoms with Gasteiger partial charge in [-0.1, -0.05) is 12.8 Å². The van der Waals surface area contributed by atoms with Crippen LogP contribution in [0.2, 0.25) is 0 Å². The highest BCUT2D eigenvalue weighted by Crippen LogP contribution is 2.28. The largest absolute Gasteiger partial charge is 0.374 e. The molecule has 0 aromatic carbocycles. The van der Waals surface area contributed by atoms with Gasteiger partial charge in [0.15, 0.2) is 0 Å². The first-order valence-electron chi connectivity index (χ1n) is 8.08. The lowest BCUT2D eigenvalue weighted by Gasteiger charge is -2.43. The van der Waals surface area contributed by atoms with Crippen LogP contribution in [0.1, 0.15) is 25.7 Å². The molecule has 0 bridgehead atoms. The molecular formula is C16H19N3O3S. The lowest BCUT2D eigenvalue weighted by molar-refractivity contribution is -0.150. The van der Waals surface area contributed by atoms with E-state index in [2.05, 4.69) is 4.98 Å². The topological polar surface area (TPSA) is 64.4 Å². The van der Waals surface area contributed by atoms with Gasteiger partial charge in [-0.2, -0.15) is 0 Å². The second-order valence-corrected chi connectivity index (χ2v) is 7.06. The van der Waals surface area contributed by atoms with Crippen LogP contribution in [-0.2, 0) is 16.1 Å². The number of carbonyl (C=O) groups is 1. The Bertz CT molecular complexity index is 782. The van der Waals surface area contributed by atoms with E-state index in [0.717, 1.165) is 24.1 Å². The number of aromatic nitrogens is 2. The smallest absolute Gasteiger partial charge is 0.262 e. The minimum absolute atomic E-state index is 0.0105. The van der Waals surface area contributed by atoms with Gasteiger partial charge in [0.25, 0.3) is 5.56 Å². The van der Waals surface area contributed by atoms with Gasteiger partial charge in [-0.3, -0.25) is 14.2 Å². The summed E-state index contributed by atoms with van der Waals surface area (Å²) in [6.07, 6.45) is 5.97. The van der Waals surface area contributed by atoms with E-state index in [1.807, 2.05) is 10.3 Å². The number of amides is 1. The molecule has 0 unspecified atom stereocenters. The quantitative estimate of drug-likeness (QED) is 0.838. The first-order valence-corrected chi connectivity index (χ1v) is 8.96. The molecule has 2 aliphatic rings. The summed E-state index contributed by atoms with van der Waals surface area (Å²) >= 11 is 1.44. The van der Waals surface area contributed by atoms with Crippen molar-refractivity contribution in [3.63, 3.8) is 0 Å². The van der Waals surface area contributed by atoms with Crippen LogP contribution in [0.25, 0.3) is 10.2 Å². The number of hydrogen-bond donors (Lipinski definition) is 0. The number of thiophene rings is 1. The van der Waals surface area contributed by atoms with Crippen molar-refractivity contribution >= 4 is 27.5 Å². The number of carbonyl (C=O) groups excluding carboxylic acids is 1. The van der Waals surface area contributed by atoms with E-state index in [-0.39, 0.29) is 30.2 Å². The maximum atomic E-state index is 12.7. The van der Waals surface area contributed by atoms with Crippen molar-refractivity contribution in [1.82, 2.24) is 14.5 Å². The number of fused-ring (bicyclic) bond motifs is 2. The zero-order valence-corrected chi connectivity index (χ0v) is 13.6. The molecule has 23 heavy (non-hydrogen) atoms. The van der Waals surface area contributed by atoms with Crippen molar-refractivity contribution in [2.24, 2.45) is 0 Å². The standard InChI is InChI=1S/C16H19N3O3S/c20-14(19-6-7-22-13-4-2-1-3-12(13)19)9-18-10-17-15-11(16(18)21)5-8-23-15/h5,8,10,12-13H,1-4,6-7,9H2/t12-,13+/m1/s1. The Morgan fingerprint density at radius 1 is 1.39 bits per heavy atom. The molecule has 6 nitrogen and oxygen atoms in total. The third-order valence-corrected chi connectivity index (χ3v) is 5.63. The van der Waals surface area contributed by atoms with Crippen molar-refractivity contribution in [1.29, 1.82) is 0 Å². The number of nitrogens with zero attached hydrogens (tertiary/aromatic N) is 3. The van der Waals surface area contributed by atoms with Crippen LogP contribution < -0.4 is 5.56 Å². The molecule has 7 heteroatoms. The van der Waals surface area contributed by atoms with Gasteiger partial charge in [0.2, 0.25) is 5.91 Å². The van der Waals surface area contributed by atoms with Crippen LogP contribution >= 0.6 is 11.3 Å². The molecule has 0 spiro atoms. The van der Waals surface area contributed by atoms with Gasteiger partial charge in [0.05, 0.1) is 30.5 Å². The fourth-order valence-corrected chi connectivity index (χ4v) is 4.37. The van der Waals surface area contributed by atoms with Crippen LogP contribution in [0.3, 0.4) is 0 Å². The predicted molar refractivity (Wildman–Crippen MR) is 87.6 cm³/mol. The molecule has 2 fully saturated rings. The third kappa shape index (κ3) is 2.68. The molecule has 0 radical (unpaired) electrons. The molecule has 1 saturated heterocycles. The van der Waals surface area contributed by atoms with E-state index < -0.39 is 0 Å². The van der Waals surface area contributed by atoms with Crippen LogP contribution in [0, 0.1) is 0 Å². The van der Waals surface area contributed by atoms with Crippen molar-refractivity contribution < 1.29 is 9.53 Å². The zero-order valence-electron chi connectivity index (χ0n) is 12.8. The Balaban J connectivity index is 1.56. The van der Waals surface area contributed by atoms with E-state index in [0.29, 0.717) is 18.5 Å². The van der Waals surface area contributed by atoms with Gasteiger partial charge in [-0.15, -0.1) is 11.3 Å². The molecule has 1 aliphatic heterocycles. The van der Waals surface area contributed by atoms with Crippen LogP contribution in [0.4, 0.5) is 0 Å². The Kier molecular flexibility index (Phi) is 3.90. The Morgan fingerprint density at radius 3 is 3.17 bits per heavy atom. The summed E-state index contributed by atoms with van der Waals surface area (Å²) in [5.41, 5.74) is -0.141. The summed E-state index contributed by atoms with van der Waals surface area (Å²) in [6, 6.07) is 1.93. The highest BCUT2D eigenvalue weighted by molar-refractivity contribution is 7.16. The second-order valence-electron chi connectivity index (χ2n) is 6.17. The van der Waals surface area contributed by atoms with Crippen molar-refractivity contribution in [3.8, 4) is 0 Å². The monoisotopic (exact) mass is 333 g/mol. The summed E-state index contributed by atoms with van der Waals surface area (Å²) in [6.45, 7) is 1.26. The Hall–Kier alpha value is -1.73. The van der Waals surface area contributed by atoms with Crippen LogP contribution in [0.15, 0.2) is 22.6 Å². The molecule has 1 saturated carbocycles. The highest BCUT2D eigenvalue weighted by atomic mass is 32.1. The minimum Gasteiger partial charge on any atom is -0.374 e. The summed E-state index contributed by atoms with van der Waals surface area (Å²) in [5, 5.41) is 2.43. The van der Waals surface area contributed by atoms with Gasteiger partial charge >= 0.3 is 0 Å². The average Bonchev–Trinajstić information content (AvgIpc) is 3.06. The molecule has 2 aromatic rings. The lowest BCUT2D eigenvalue weighted by atomic mass is 9.90. The number of rotatable bonds is 2. The predicted octanol–water partition coefficient (Wildman–Crippen LogP) is 1.63. The first kappa shape index (κ1) is 14.8.